The van der Waals surface area contributed by atoms with E-state index in [-0.39, 0.29) is 0 Å². The van der Waals surface area contributed by atoms with Crippen LogP contribution in [0.5, 0.6) is 0 Å². The Hall–Kier alpha value is -2.05. The van der Waals surface area contributed by atoms with Crippen LogP contribution in [0.15, 0.2) is 84.4 Å². The van der Waals surface area contributed by atoms with Gasteiger partial charge >= 0.3 is 0 Å². The van der Waals surface area contributed by atoms with Crippen LogP contribution in [0.4, 0.5) is 0 Å². The fourth-order valence-corrected chi connectivity index (χ4v) is 2.23. The summed E-state index contributed by atoms with van der Waals surface area (Å²) in [6.45, 7) is 6.11. The summed E-state index contributed by atoms with van der Waals surface area (Å²) in [5, 5.41) is 0.681. The first-order valence-electron chi connectivity index (χ1n) is 6.52. The fraction of sp³-hybridized carbons (Fsp3) is 0.0526. The van der Waals surface area contributed by atoms with Crippen molar-refractivity contribution in [3.05, 3.63) is 95.6 Å². The summed E-state index contributed by atoms with van der Waals surface area (Å²) >= 11 is 6.29. The first-order chi connectivity index (χ1) is 9.66. The monoisotopic (exact) mass is 280 g/mol. The Morgan fingerprint density at radius 3 is 1.90 bits per heavy atom. The van der Waals surface area contributed by atoms with Gasteiger partial charge in [0, 0.05) is 5.03 Å². The maximum atomic E-state index is 6.29. The van der Waals surface area contributed by atoms with Crippen LogP contribution in [0.2, 0.25) is 0 Å². The van der Waals surface area contributed by atoms with Crippen LogP contribution in [0.25, 0.3) is 11.1 Å². The third-order valence-corrected chi connectivity index (χ3v) is 3.26. The number of halogens is 1. The predicted molar refractivity (Wildman–Crippen MR) is 89.5 cm³/mol. The number of hydrogen-bond donors (Lipinski definition) is 0. The predicted octanol–water partition coefficient (Wildman–Crippen LogP) is 5.93. The van der Waals surface area contributed by atoms with Gasteiger partial charge in [-0.1, -0.05) is 78.8 Å². The summed E-state index contributed by atoms with van der Waals surface area (Å²) < 4.78 is 0. The van der Waals surface area contributed by atoms with Gasteiger partial charge in [0.15, 0.2) is 0 Å². The van der Waals surface area contributed by atoms with Crippen molar-refractivity contribution < 1.29 is 0 Å². The maximum absolute atomic E-state index is 6.29. The molecule has 2 aromatic rings. The van der Waals surface area contributed by atoms with Gasteiger partial charge in [-0.2, -0.15) is 0 Å². The average molecular weight is 281 g/mol. The van der Waals surface area contributed by atoms with Crippen molar-refractivity contribution >= 4 is 22.7 Å². The van der Waals surface area contributed by atoms with Crippen molar-refractivity contribution in [2.75, 3.05) is 0 Å². The highest BCUT2D eigenvalue weighted by Gasteiger charge is 1.98. The molecule has 0 heterocycles. The van der Waals surface area contributed by atoms with Gasteiger partial charge in [0.2, 0.25) is 0 Å². The van der Waals surface area contributed by atoms with E-state index >= 15 is 0 Å². The third kappa shape index (κ3) is 3.97. The van der Waals surface area contributed by atoms with Crippen LogP contribution >= 0.6 is 11.6 Å². The van der Waals surface area contributed by atoms with E-state index in [9.17, 15) is 0 Å². The molecule has 0 spiro atoms. The minimum atomic E-state index is 0.681. The van der Waals surface area contributed by atoms with E-state index in [2.05, 4.69) is 25.6 Å². The molecular formula is C19H17Cl. The first kappa shape index (κ1) is 14.4. The second-order valence-corrected chi connectivity index (χ2v) is 5.05. The number of rotatable bonds is 4. The summed E-state index contributed by atoms with van der Waals surface area (Å²) in [5.41, 5.74) is 4.29. The Bertz CT molecular complexity index is 634. The van der Waals surface area contributed by atoms with Crippen molar-refractivity contribution in [2.45, 2.75) is 6.92 Å². The minimum Gasteiger partial charge on any atom is -0.0911 e. The van der Waals surface area contributed by atoms with Crippen molar-refractivity contribution in [1.82, 2.24) is 0 Å². The molecule has 1 heteroatoms. The number of benzene rings is 2. The van der Waals surface area contributed by atoms with E-state index in [1.54, 1.807) is 0 Å². The van der Waals surface area contributed by atoms with E-state index < -0.39 is 0 Å². The molecule has 0 saturated carbocycles. The van der Waals surface area contributed by atoms with Gasteiger partial charge < -0.3 is 0 Å². The zero-order valence-corrected chi connectivity index (χ0v) is 12.3. The highest BCUT2D eigenvalue weighted by Crippen LogP contribution is 2.21. The Morgan fingerprint density at radius 2 is 1.35 bits per heavy atom. The van der Waals surface area contributed by atoms with E-state index in [1.807, 2.05) is 60.7 Å². The number of allylic oxidation sites excluding steroid dienone is 5. The zero-order chi connectivity index (χ0) is 14.4. The van der Waals surface area contributed by atoms with Crippen LogP contribution in [0.3, 0.4) is 0 Å². The van der Waals surface area contributed by atoms with E-state index in [0.29, 0.717) is 5.03 Å². The normalized spacial score (nSPS) is 12.3. The highest BCUT2D eigenvalue weighted by atomic mass is 35.5. The van der Waals surface area contributed by atoms with Gasteiger partial charge in [-0.3, -0.25) is 0 Å². The zero-order valence-electron chi connectivity index (χ0n) is 11.5. The van der Waals surface area contributed by atoms with E-state index in [0.717, 1.165) is 16.7 Å². The van der Waals surface area contributed by atoms with Crippen LogP contribution in [-0.4, -0.2) is 0 Å². The molecule has 0 fully saturated rings. The summed E-state index contributed by atoms with van der Waals surface area (Å²) in [4.78, 5) is 0. The van der Waals surface area contributed by atoms with Gasteiger partial charge in [-0.15, -0.1) is 0 Å². The quantitative estimate of drug-likeness (QED) is 0.609. The van der Waals surface area contributed by atoms with Crippen molar-refractivity contribution in [3.63, 3.8) is 0 Å². The van der Waals surface area contributed by atoms with Crippen LogP contribution < -0.4 is 0 Å². The standard InChI is InChI=1S/C19H17Cl/c1-15(17-9-5-3-6-10-17)13-19(20)14-16(2)18-11-7-4-8-12-18/h3-14H,1H2,2H3/b16-14+,19-13+. The van der Waals surface area contributed by atoms with E-state index in [1.165, 1.54) is 5.56 Å². The largest absolute Gasteiger partial charge is 0.0911 e. The van der Waals surface area contributed by atoms with Crippen LogP contribution in [0.1, 0.15) is 18.1 Å². The lowest BCUT2D eigenvalue weighted by atomic mass is 10.1. The lowest BCUT2D eigenvalue weighted by molar-refractivity contribution is 1.56. The molecule has 0 radical (unpaired) electrons. The SMILES string of the molecule is C=C(/C=C(Cl)\C=C(/C)c1ccccc1)c1ccccc1. The smallest absolute Gasteiger partial charge is 0.0414 e. The van der Waals surface area contributed by atoms with Gasteiger partial charge in [0.25, 0.3) is 0 Å². The summed E-state index contributed by atoms with van der Waals surface area (Å²) in [6, 6.07) is 20.2. The molecule has 0 bridgehead atoms. The molecule has 100 valence electrons. The van der Waals surface area contributed by atoms with E-state index in [4.69, 9.17) is 11.6 Å². The van der Waals surface area contributed by atoms with Crippen molar-refractivity contribution in [1.29, 1.82) is 0 Å². The second kappa shape index (κ2) is 6.93. The lowest BCUT2D eigenvalue weighted by Crippen LogP contribution is -1.81. The van der Waals surface area contributed by atoms with Crippen LogP contribution in [0, 0.1) is 0 Å². The summed E-state index contributed by atoms with van der Waals surface area (Å²) in [6.07, 6.45) is 3.86. The van der Waals surface area contributed by atoms with Gasteiger partial charge in [-0.05, 0) is 41.3 Å². The molecule has 0 saturated heterocycles. The molecule has 2 aromatic carbocycles. The van der Waals surface area contributed by atoms with Gasteiger partial charge in [0.05, 0.1) is 0 Å². The molecular weight excluding hydrogens is 264 g/mol. The Kier molecular flexibility index (Phi) is 4.97. The first-order valence-corrected chi connectivity index (χ1v) is 6.90. The fourth-order valence-electron chi connectivity index (χ4n) is 1.93. The van der Waals surface area contributed by atoms with Crippen molar-refractivity contribution in [3.8, 4) is 0 Å². The molecule has 0 amide bonds. The molecule has 0 nitrogen and oxygen atoms in total. The summed E-state index contributed by atoms with van der Waals surface area (Å²) in [5.74, 6) is 0. The highest BCUT2D eigenvalue weighted by molar-refractivity contribution is 6.32. The topological polar surface area (TPSA) is 0 Å². The molecule has 20 heavy (non-hydrogen) atoms. The molecule has 0 N–H and O–H groups in total. The molecule has 0 aliphatic rings. The molecule has 0 aromatic heterocycles. The van der Waals surface area contributed by atoms with Crippen molar-refractivity contribution in [2.24, 2.45) is 0 Å². The number of hydrogen-bond acceptors (Lipinski definition) is 0. The third-order valence-electron chi connectivity index (χ3n) is 3.04. The average Bonchev–Trinajstić information content (AvgIpc) is 2.49. The molecule has 0 aliphatic carbocycles. The Labute approximate surface area is 125 Å². The molecule has 0 atom stereocenters. The van der Waals surface area contributed by atoms with Gasteiger partial charge in [-0.25, -0.2) is 0 Å². The Balaban J connectivity index is 2.17. The second-order valence-electron chi connectivity index (χ2n) is 4.61. The van der Waals surface area contributed by atoms with Gasteiger partial charge in [0.1, 0.15) is 0 Å². The molecule has 0 aliphatic heterocycles. The Morgan fingerprint density at radius 1 is 0.850 bits per heavy atom. The minimum absolute atomic E-state index is 0.681. The maximum Gasteiger partial charge on any atom is 0.0414 e. The molecule has 0 unspecified atom stereocenters. The lowest BCUT2D eigenvalue weighted by Gasteiger charge is -2.03. The molecule has 2 rings (SSSR count). The summed E-state index contributed by atoms with van der Waals surface area (Å²) in [7, 11) is 0. The van der Waals surface area contributed by atoms with Crippen LogP contribution in [-0.2, 0) is 0 Å².